The Labute approximate surface area is 436 Å². The van der Waals surface area contributed by atoms with E-state index in [1.807, 2.05) is 13.8 Å². The zero-order valence-corrected chi connectivity index (χ0v) is 41.5. The molecule has 0 radical (unpaired) electrons. The van der Waals surface area contributed by atoms with Gasteiger partial charge in [0.1, 0.15) is 0 Å². The van der Waals surface area contributed by atoms with E-state index in [1.165, 1.54) is 44.6 Å². The highest BCUT2D eigenvalue weighted by atomic mass is 15.3. The Morgan fingerprint density at radius 3 is 0.892 bits per heavy atom. The van der Waals surface area contributed by atoms with Gasteiger partial charge in [-0.05, 0) is 118 Å². The minimum atomic E-state index is -0.142. The summed E-state index contributed by atoms with van der Waals surface area (Å²) in [6.45, 7) is 3.72. The fraction of sp³-hybridized carbons (Fsp3) is 0.0299. The van der Waals surface area contributed by atoms with Crippen LogP contribution in [0.3, 0.4) is 0 Å². The van der Waals surface area contributed by atoms with Gasteiger partial charge in [-0.1, -0.05) is 214 Å². The smallest absolute Gasteiger partial charge is 0.360 e. The number of fused-ring (bicyclic) bond motifs is 2. The van der Waals surface area contributed by atoms with Crippen molar-refractivity contribution < 1.29 is 0 Å². The summed E-state index contributed by atoms with van der Waals surface area (Å²) in [5.74, 6) is 0. The highest BCUT2D eigenvalue weighted by Gasteiger charge is 2.45. The number of benzene rings is 10. The third-order valence-corrected chi connectivity index (χ3v) is 14.1. The number of aromatic nitrogens is 1. The van der Waals surface area contributed by atoms with Crippen molar-refractivity contribution in [2.75, 3.05) is 19.2 Å². The first-order valence-electron chi connectivity index (χ1n) is 25.7. The molecule has 0 atom stereocenters. The van der Waals surface area contributed by atoms with E-state index in [2.05, 4.69) is 304 Å². The van der Waals surface area contributed by atoms with Crippen molar-refractivity contribution in [1.82, 2.24) is 4.98 Å². The van der Waals surface area contributed by atoms with E-state index in [1.54, 1.807) is 0 Å². The SMILES string of the molecule is CC.c1ccc(-c2cccc(N3B(c4ccc(-c5cccc(-c6ccc(B7N(c8ccccc8)c8ccccc8N7c7cccc(-c8ccccc8)c7)cc6)n5)cc4)N(c4ccccc4)c4ccccc43)c2)cc1. The third kappa shape index (κ3) is 8.58. The first-order chi connectivity index (χ1) is 36.7. The molecule has 74 heavy (non-hydrogen) atoms. The fourth-order valence-electron chi connectivity index (χ4n) is 10.7. The average molecular weight is 950 g/mol. The Balaban J connectivity index is 0.00000275. The van der Waals surface area contributed by atoms with E-state index in [-0.39, 0.29) is 14.0 Å². The highest BCUT2D eigenvalue weighted by molar-refractivity contribution is 6.85. The molecule has 1 aromatic heterocycles. The molecule has 13 rings (SSSR count). The van der Waals surface area contributed by atoms with Gasteiger partial charge in [0, 0.05) is 33.9 Å². The molecule has 0 N–H and O–H groups in total. The number of hydrogen-bond donors (Lipinski definition) is 0. The van der Waals surface area contributed by atoms with Crippen molar-refractivity contribution in [1.29, 1.82) is 0 Å². The molecule has 352 valence electrons. The Bertz CT molecular complexity index is 3430. The van der Waals surface area contributed by atoms with Crippen LogP contribution in [0.2, 0.25) is 0 Å². The van der Waals surface area contributed by atoms with Crippen molar-refractivity contribution in [3.8, 4) is 44.8 Å². The zero-order valence-electron chi connectivity index (χ0n) is 41.5. The van der Waals surface area contributed by atoms with Gasteiger partial charge in [0.25, 0.3) is 0 Å². The van der Waals surface area contributed by atoms with Gasteiger partial charge in [0.2, 0.25) is 0 Å². The van der Waals surface area contributed by atoms with Crippen LogP contribution in [0.4, 0.5) is 45.5 Å². The monoisotopic (exact) mass is 949 g/mol. The molecule has 7 heteroatoms. The molecule has 0 fully saturated rings. The second kappa shape index (κ2) is 20.4. The Kier molecular flexibility index (Phi) is 12.6. The van der Waals surface area contributed by atoms with Crippen LogP contribution in [0.15, 0.2) is 285 Å². The van der Waals surface area contributed by atoms with Gasteiger partial charge in [0.05, 0.1) is 34.1 Å². The van der Waals surface area contributed by atoms with Crippen LogP contribution < -0.4 is 30.2 Å². The number of anilines is 8. The van der Waals surface area contributed by atoms with E-state index in [9.17, 15) is 0 Å². The summed E-state index contributed by atoms with van der Waals surface area (Å²) >= 11 is 0. The second-order valence-corrected chi connectivity index (χ2v) is 18.4. The first kappa shape index (κ1) is 45.8. The van der Waals surface area contributed by atoms with Crippen LogP contribution >= 0.6 is 0 Å². The van der Waals surface area contributed by atoms with E-state index in [0.29, 0.717) is 0 Å². The van der Waals surface area contributed by atoms with Gasteiger partial charge in [0.15, 0.2) is 0 Å². The molecule has 2 aliphatic heterocycles. The maximum Gasteiger partial charge on any atom is 0.420 e. The maximum atomic E-state index is 5.32. The summed E-state index contributed by atoms with van der Waals surface area (Å²) in [5, 5.41) is 0. The number of para-hydroxylation sites is 6. The Morgan fingerprint density at radius 1 is 0.243 bits per heavy atom. The Morgan fingerprint density at radius 2 is 0.527 bits per heavy atom. The molecule has 5 nitrogen and oxygen atoms in total. The Hall–Kier alpha value is -9.32. The number of rotatable bonds is 10. The summed E-state index contributed by atoms with van der Waals surface area (Å²) in [5.41, 5.74) is 20.3. The van der Waals surface area contributed by atoms with Crippen LogP contribution in [0, 0.1) is 0 Å². The molecular weight excluding hydrogens is 896 g/mol. The topological polar surface area (TPSA) is 25.9 Å². The quantitative estimate of drug-likeness (QED) is 0.127. The minimum absolute atomic E-state index is 0.142. The van der Waals surface area contributed by atoms with Crippen molar-refractivity contribution >= 4 is 70.4 Å². The van der Waals surface area contributed by atoms with E-state index in [0.717, 1.165) is 56.6 Å². The molecule has 11 aromatic rings. The predicted molar refractivity (Wildman–Crippen MR) is 315 cm³/mol. The van der Waals surface area contributed by atoms with Crippen LogP contribution in [-0.2, 0) is 0 Å². The van der Waals surface area contributed by atoms with Crippen molar-refractivity contribution in [3.05, 3.63) is 285 Å². The van der Waals surface area contributed by atoms with Gasteiger partial charge >= 0.3 is 14.0 Å². The van der Waals surface area contributed by atoms with Crippen LogP contribution in [0.5, 0.6) is 0 Å². The molecule has 0 unspecified atom stereocenters. The van der Waals surface area contributed by atoms with Crippen molar-refractivity contribution in [2.24, 2.45) is 0 Å². The largest absolute Gasteiger partial charge is 0.420 e. The van der Waals surface area contributed by atoms with Gasteiger partial charge in [-0.2, -0.15) is 0 Å². The van der Waals surface area contributed by atoms with Gasteiger partial charge < -0.3 is 19.2 Å². The third-order valence-electron chi connectivity index (χ3n) is 14.1. The lowest BCUT2D eigenvalue weighted by Gasteiger charge is -2.30. The van der Waals surface area contributed by atoms with Gasteiger partial charge in [-0.15, -0.1) is 0 Å². The summed E-state index contributed by atoms with van der Waals surface area (Å²) in [4.78, 5) is 15.2. The molecule has 0 spiro atoms. The molecule has 0 bridgehead atoms. The summed E-state index contributed by atoms with van der Waals surface area (Å²) in [6, 6.07) is 102. The molecule has 0 saturated carbocycles. The van der Waals surface area contributed by atoms with Crippen LogP contribution in [0.25, 0.3) is 44.8 Å². The van der Waals surface area contributed by atoms with Crippen molar-refractivity contribution in [2.45, 2.75) is 13.8 Å². The lowest BCUT2D eigenvalue weighted by Crippen LogP contribution is -2.53. The van der Waals surface area contributed by atoms with Gasteiger partial charge in [-0.3, -0.25) is 0 Å². The summed E-state index contributed by atoms with van der Waals surface area (Å²) < 4.78 is 0. The van der Waals surface area contributed by atoms with Crippen LogP contribution in [-0.4, -0.2) is 18.9 Å². The van der Waals surface area contributed by atoms with E-state index in [4.69, 9.17) is 4.98 Å². The highest BCUT2D eigenvalue weighted by Crippen LogP contribution is 2.48. The maximum absolute atomic E-state index is 5.32. The number of hydrogen-bond acceptors (Lipinski definition) is 5. The predicted octanol–water partition coefficient (Wildman–Crippen LogP) is 16.1. The van der Waals surface area contributed by atoms with E-state index >= 15 is 0 Å². The molecule has 0 amide bonds. The number of nitrogens with zero attached hydrogens (tertiary/aromatic N) is 5. The molecule has 3 heterocycles. The summed E-state index contributed by atoms with van der Waals surface area (Å²) in [6.07, 6.45) is 0. The standard InChI is InChI=1S/C65H47B2N5.C2H6/c1-5-20-48(21-6-1)52-24-17-30-58(46-52)71-64-36-15-13-34-62(64)69(56-26-9-3-10-27-56)66(71)54-42-38-50(39-43-54)60-32-19-33-61(68-60)51-40-44-55(45-41-51)67-70(57-28-11-4-12-29-57)63-35-14-16-37-65(63)72(67)59-31-18-25-53(47-59)49-22-7-2-8-23-49;1-2/h1-47H;1-2H3. The molecule has 0 saturated heterocycles. The van der Waals surface area contributed by atoms with Crippen molar-refractivity contribution in [3.63, 3.8) is 0 Å². The second-order valence-electron chi connectivity index (χ2n) is 18.4. The zero-order chi connectivity index (χ0) is 49.8. The minimum Gasteiger partial charge on any atom is -0.360 e. The molecule has 2 aliphatic rings. The lowest BCUT2D eigenvalue weighted by atomic mass is 9.64. The van der Waals surface area contributed by atoms with Gasteiger partial charge in [-0.25, -0.2) is 4.98 Å². The lowest BCUT2D eigenvalue weighted by molar-refractivity contribution is 1.32. The van der Waals surface area contributed by atoms with E-state index < -0.39 is 0 Å². The fourth-order valence-corrected chi connectivity index (χ4v) is 10.7. The molecule has 0 aliphatic carbocycles. The normalized spacial score (nSPS) is 12.6. The number of pyridine rings is 1. The average Bonchev–Trinajstić information content (AvgIpc) is 4.04. The molecule has 10 aromatic carbocycles. The molecular formula is C67H53B2N5. The first-order valence-corrected chi connectivity index (χ1v) is 25.7. The van der Waals surface area contributed by atoms with Crippen LogP contribution in [0.1, 0.15) is 13.8 Å². The summed E-state index contributed by atoms with van der Waals surface area (Å²) in [7, 11) is 0.